The lowest BCUT2D eigenvalue weighted by Gasteiger charge is -2.18. The van der Waals surface area contributed by atoms with Crippen LogP contribution >= 0.6 is 0 Å². The number of allylic oxidation sites excluding steroid dienone is 1. The maximum absolute atomic E-state index is 3.84. The maximum atomic E-state index is 3.84. The largest absolute Gasteiger partial charge is 0.319 e. The van der Waals surface area contributed by atoms with Gasteiger partial charge in [-0.3, -0.25) is 0 Å². The van der Waals surface area contributed by atoms with Crippen molar-refractivity contribution in [1.29, 1.82) is 0 Å². The van der Waals surface area contributed by atoms with E-state index in [0.29, 0.717) is 5.92 Å². The van der Waals surface area contributed by atoms with Gasteiger partial charge in [0.05, 0.1) is 0 Å². The first-order valence-corrected chi connectivity index (χ1v) is 6.41. The summed E-state index contributed by atoms with van der Waals surface area (Å²) in [5, 5.41) is 3.28. The highest BCUT2D eigenvalue weighted by Crippen LogP contribution is 2.21. The van der Waals surface area contributed by atoms with Gasteiger partial charge in [0.1, 0.15) is 0 Å². The molecule has 1 heteroatoms. The van der Waals surface area contributed by atoms with Crippen LogP contribution in [0.5, 0.6) is 0 Å². The second-order valence-corrected chi connectivity index (χ2v) is 4.96. The van der Waals surface area contributed by atoms with Gasteiger partial charge < -0.3 is 5.32 Å². The number of rotatable bonds is 9. The van der Waals surface area contributed by atoms with E-state index in [1.807, 2.05) is 7.05 Å². The summed E-state index contributed by atoms with van der Waals surface area (Å²) in [4.78, 5) is 0. The summed E-state index contributed by atoms with van der Waals surface area (Å²) in [7, 11) is 2.05. The molecule has 0 heterocycles. The Labute approximate surface area is 96.3 Å². The molecular weight excluding hydrogens is 182 g/mol. The van der Waals surface area contributed by atoms with Gasteiger partial charge in [-0.25, -0.2) is 0 Å². The Morgan fingerprint density at radius 2 is 1.93 bits per heavy atom. The van der Waals surface area contributed by atoms with Crippen LogP contribution in [-0.4, -0.2) is 13.6 Å². The summed E-state index contributed by atoms with van der Waals surface area (Å²) in [6.07, 6.45) is 7.38. The minimum atomic E-state index is 0.671. The monoisotopic (exact) mass is 211 g/mol. The predicted octanol–water partition coefficient (Wildman–Crippen LogP) is 3.86. The van der Waals surface area contributed by atoms with Crippen LogP contribution in [0, 0.1) is 17.8 Å². The van der Waals surface area contributed by atoms with Crippen molar-refractivity contribution in [2.75, 3.05) is 13.6 Å². The highest BCUT2D eigenvalue weighted by molar-refractivity contribution is 4.76. The van der Waals surface area contributed by atoms with Crippen LogP contribution in [0.2, 0.25) is 0 Å². The van der Waals surface area contributed by atoms with Crippen LogP contribution < -0.4 is 5.32 Å². The number of hydrogen-bond acceptors (Lipinski definition) is 1. The minimum Gasteiger partial charge on any atom is -0.319 e. The zero-order chi connectivity index (χ0) is 11.7. The summed E-state index contributed by atoms with van der Waals surface area (Å²) in [6, 6.07) is 0. The van der Waals surface area contributed by atoms with Crippen molar-refractivity contribution < 1.29 is 0 Å². The predicted molar refractivity (Wildman–Crippen MR) is 70.1 cm³/mol. The molecule has 0 saturated carbocycles. The van der Waals surface area contributed by atoms with Gasteiger partial charge in [0.15, 0.2) is 0 Å². The van der Waals surface area contributed by atoms with Gasteiger partial charge >= 0.3 is 0 Å². The van der Waals surface area contributed by atoms with Crippen LogP contribution in [0.4, 0.5) is 0 Å². The van der Waals surface area contributed by atoms with E-state index in [1.54, 1.807) is 0 Å². The molecule has 0 spiro atoms. The molecule has 0 radical (unpaired) electrons. The van der Waals surface area contributed by atoms with Crippen molar-refractivity contribution in [2.45, 2.75) is 46.5 Å². The van der Waals surface area contributed by atoms with Gasteiger partial charge in [-0.05, 0) is 44.2 Å². The van der Waals surface area contributed by atoms with Crippen LogP contribution in [0.3, 0.4) is 0 Å². The summed E-state index contributed by atoms with van der Waals surface area (Å²) in [5.41, 5.74) is 0. The highest BCUT2D eigenvalue weighted by atomic mass is 14.8. The molecule has 0 bridgehead atoms. The van der Waals surface area contributed by atoms with Crippen LogP contribution in [-0.2, 0) is 0 Å². The topological polar surface area (TPSA) is 12.0 Å². The molecule has 0 amide bonds. The molecule has 0 aliphatic carbocycles. The van der Waals surface area contributed by atoms with Crippen molar-refractivity contribution in [1.82, 2.24) is 5.32 Å². The molecule has 0 aromatic heterocycles. The van der Waals surface area contributed by atoms with Gasteiger partial charge in [0.25, 0.3) is 0 Å². The smallest absolute Gasteiger partial charge is 0.00236 e. The average Bonchev–Trinajstić information content (AvgIpc) is 2.23. The lowest BCUT2D eigenvalue weighted by atomic mass is 9.89. The molecule has 0 rings (SSSR count). The Morgan fingerprint density at radius 3 is 2.40 bits per heavy atom. The molecule has 3 atom stereocenters. The molecule has 0 aliphatic rings. The number of hydrogen-bond donors (Lipinski definition) is 1. The Balaban J connectivity index is 3.67. The molecular formula is C14H29N. The fourth-order valence-corrected chi connectivity index (χ4v) is 2.11. The second kappa shape index (κ2) is 8.96. The van der Waals surface area contributed by atoms with E-state index in [9.17, 15) is 0 Å². The first-order valence-electron chi connectivity index (χ1n) is 6.41. The van der Waals surface area contributed by atoms with Crippen molar-refractivity contribution in [3.8, 4) is 0 Å². The third-order valence-electron chi connectivity index (χ3n) is 3.31. The van der Waals surface area contributed by atoms with Crippen molar-refractivity contribution >= 4 is 0 Å². The average molecular weight is 211 g/mol. The maximum Gasteiger partial charge on any atom is -0.00236 e. The van der Waals surface area contributed by atoms with Gasteiger partial charge in [-0.15, -0.1) is 6.58 Å². The number of nitrogens with one attached hydrogen (secondary N) is 1. The molecule has 0 saturated heterocycles. The molecule has 15 heavy (non-hydrogen) atoms. The normalized spacial score (nSPS) is 17.1. The standard InChI is InChI=1S/C14H29N/c1-6-12(3)10-13(4)8-9-14(7-2)11-15-5/h6,12-15H,1,7-11H2,2-5H3. The van der Waals surface area contributed by atoms with Gasteiger partial charge in [0.2, 0.25) is 0 Å². The second-order valence-electron chi connectivity index (χ2n) is 4.96. The lowest BCUT2D eigenvalue weighted by Crippen LogP contribution is -2.19. The Bertz CT molecular complexity index is 153. The molecule has 90 valence electrons. The molecule has 1 N–H and O–H groups in total. The highest BCUT2D eigenvalue weighted by Gasteiger charge is 2.10. The van der Waals surface area contributed by atoms with Gasteiger partial charge in [-0.1, -0.05) is 39.7 Å². The Morgan fingerprint density at radius 1 is 1.27 bits per heavy atom. The molecule has 0 fully saturated rings. The van der Waals surface area contributed by atoms with Crippen molar-refractivity contribution in [2.24, 2.45) is 17.8 Å². The third-order valence-corrected chi connectivity index (χ3v) is 3.31. The van der Waals surface area contributed by atoms with Crippen molar-refractivity contribution in [3.63, 3.8) is 0 Å². The molecule has 0 aliphatic heterocycles. The minimum absolute atomic E-state index is 0.671. The van der Waals surface area contributed by atoms with E-state index in [-0.39, 0.29) is 0 Å². The van der Waals surface area contributed by atoms with Crippen LogP contribution in [0.25, 0.3) is 0 Å². The van der Waals surface area contributed by atoms with Gasteiger partial charge in [-0.2, -0.15) is 0 Å². The quantitative estimate of drug-likeness (QED) is 0.571. The van der Waals surface area contributed by atoms with E-state index in [1.165, 1.54) is 32.2 Å². The van der Waals surface area contributed by atoms with Crippen molar-refractivity contribution in [3.05, 3.63) is 12.7 Å². The van der Waals surface area contributed by atoms with E-state index >= 15 is 0 Å². The summed E-state index contributed by atoms with van der Waals surface area (Å²) < 4.78 is 0. The molecule has 3 unspecified atom stereocenters. The first kappa shape index (κ1) is 14.7. The SMILES string of the molecule is C=CC(C)CC(C)CCC(CC)CNC. The lowest BCUT2D eigenvalue weighted by molar-refractivity contribution is 0.361. The van der Waals surface area contributed by atoms with E-state index in [4.69, 9.17) is 0 Å². The Hall–Kier alpha value is -0.300. The Kier molecular flexibility index (Phi) is 8.79. The van der Waals surface area contributed by atoms with Crippen LogP contribution in [0.1, 0.15) is 46.5 Å². The summed E-state index contributed by atoms with van der Waals surface area (Å²) >= 11 is 0. The zero-order valence-electron chi connectivity index (χ0n) is 11.1. The van der Waals surface area contributed by atoms with Gasteiger partial charge in [0, 0.05) is 0 Å². The van der Waals surface area contributed by atoms with E-state index in [2.05, 4.69) is 38.7 Å². The fourth-order valence-electron chi connectivity index (χ4n) is 2.11. The van der Waals surface area contributed by atoms with E-state index in [0.717, 1.165) is 11.8 Å². The summed E-state index contributed by atoms with van der Waals surface area (Å²) in [5.74, 6) is 2.37. The molecule has 0 aromatic rings. The molecule has 1 nitrogen and oxygen atoms in total. The summed E-state index contributed by atoms with van der Waals surface area (Å²) in [6.45, 7) is 11.9. The molecule has 0 aromatic carbocycles. The first-order chi connectivity index (χ1) is 7.13. The fraction of sp³-hybridized carbons (Fsp3) is 0.857. The third kappa shape index (κ3) is 7.61. The van der Waals surface area contributed by atoms with Crippen LogP contribution in [0.15, 0.2) is 12.7 Å². The zero-order valence-corrected chi connectivity index (χ0v) is 11.1. The van der Waals surface area contributed by atoms with E-state index < -0.39 is 0 Å².